The Labute approximate surface area is 122 Å². The molecular formula is C17H27NO2. The predicted octanol–water partition coefficient (Wildman–Crippen LogP) is 3.74. The van der Waals surface area contributed by atoms with E-state index in [2.05, 4.69) is 26.1 Å². The van der Waals surface area contributed by atoms with Crippen LogP contribution < -0.4 is 5.32 Å². The SMILES string of the molecule is CCNC(=O)c1cc(C(C)(C)C)cc(C(C)(C)C)c1O. The summed E-state index contributed by atoms with van der Waals surface area (Å²) in [6.45, 7) is 14.8. The highest BCUT2D eigenvalue weighted by molar-refractivity contribution is 5.97. The minimum atomic E-state index is -0.221. The van der Waals surface area contributed by atoms with Crippen molar-refractivity contribution in [3.05, 3.63) is 28.8 Å². The third kappa shape index (κ3) is 3.53. The number of carbonyl (C=O) groups excluding carboxylic acids is 1. The van der Waals surface area contributed by atoms with Crippen molar-refractivity contribution in [3.63, 3.8) is 0 Å². The highest BCUT2D eigenvalue weighted by Gasteiger charge is 2.26. The van der Waals surface area contributed by atoms with Crippen LogP contribution in [0, 0.1) is 0 Å². The van der Waals surface area contributed by atoms with Gasteiger partial charge in [-0.2, -0.15) is 0 Å². The molecule has 0 unspecified atom stereocenters. The van der Waals surface area contributed by atoms with Gasteiger partial charge in [0.25, 0.3) is 5.91 Å². The number of aromatic hydroxyl groups is 1. The van der Waals surface area contributed by atoms with Gasteiger partial charge < -0.3 is 10.4 Å². The van der Waals surface area contributed by atoms with E-state index in [4.69, 9.17) is 0 Å². The van der Waals surface area contributed by atoms with Crippen molar-refractivity contribution in [3.8, 4) is 5.75 Å². The average molecular weight is 277 g/mol. The Kier molecular flexibility index (Phi) is 4.52. The summed E-state index contributed by atoms with van der Waals surface area (Å²) in [5, 5.41) is 13.2. The lowest BCUT2D eigenvalue weighted by Crippen LogP contribution is -2.25. The van der Waals surface area contributed by atoms with Crippen molar-refractivity contribution in [1.82, 2.24) is 5.32 Å². The quantitative estimate of drug-likeness (QED) is 0.865. The molecule has 0 bridgehead atoms. The number of benzene rings is 1. The minimum Gasteiger partial charge on any atom is -0.507 e. The van der Waals surface area contributed by atoms with Gasteiger partial charge in [0.1, 0.15) is 5.75 Å². The molecule has 3 heteroatoms. The molecule has 0 radical (unpaired) electrons. The summed E-state index contributed by atoms with van der Waals surface area (Å²) in [5.41, 5.74) is 1.94. The maximum atomic E-state index is 12.2. The zero-order valence-electron chi connectivity index (χ0n) is 13.7. The number of phenols is 1. The van der Waals surface area contributed by atoms with Gasteiger partial charge in [0.2, 0.25) is 0 Å². The van der Waals surface area contributed by atoms with Gasteiger partial charge in [-0.3, -0.25) is 4.79 Å². The average Bonchev–Trinajstić information content (AvgIpc) is 2.26. The highest BCUT2D eigenvalue weighted by Crippen LogP contribution is 2.37. The lowest BCUT2D eigenvalue weighted by atomic mass is 9.79. The van der Waals surface area contributed by atoms with Crippen molar-refractivity contribution < 1.29 is 9.90 Å². The maximum Gasteiger partial charge on any atom is 0.255 e. The molecule has 112 valence electrons. The summed E-state index contributed by atoms with van der Waals surface area (Å²) in [4.78, 5) is 12.2. The second-order valence-corrected chi connectivity index (χ2v) is 7.28. The molecule has 0 aliphatic carbocycles. The maximum absolute atomic E-state index is 12.2. The number of amides is 1. The van der Waals surface area contributed by atoms with Gasteiger partial charge in [-0.05, 0) is 29.4 Å². The van der Waals surface area contributed by atoms with E-state index in [9.17, 15) is 9.90 Å². The van der Waals surface area contributed by atoms with Crippen LogP contribution in [-0.4, -0.2) is 17.6 Å². The molecule has 0 saturated heterocycles. The molecule has 1 aromatic carbocycles. The van der Waals surface area contributed by atoms with Crippen molar-refractivity contribution in [2.45, 2.75) is 59.3 Å². The fourth-order valence-corrected chi connectivity index (χ4v) is 2.07. The Morgan fingerprint density at radius 1 is 1.10 bits per heavy atom. The number of rotatable bonds is 2. The molecule has 2 N–H and O–H groups in total. The van der Waals surface area contributed by atoms with Crippen LogP contribution in [0.3, 0.4) is 0 Å². The molecule has 1 rings (SSSR count). The standard InChI is InChI=1S/C17H27NO2/c1-8-18-15(20)12-9-11(16(2,3)4)10-13(14(12)19)17(5,6)7/h9-10,19H,8H2,1-7H3,(H,18,20). The van der Waals surface area contributed by atoms with Crippen LogP contribution in [-0.2, 0) is 10.8 Å². The van der Waals surface area contributed by atoms with E-state index in [0.29, 0.717) is 12.1 Å². The molecule has 0 heterocycles. The first-order valence-electron chi connectivity index (χ1n) is 7.14. The molecule has 0 aliphatic rings. The summed E-state index contributed by atoms with van der Waals surface area (Å²) in [7, 11) is 0. The molecule has 20 heavy (non-hydrogen) atoms. The molecule has 0 aliphatic heterocycles. The van der Waals surface area contributed by atoms with Gasteiger partial charge in [-0.25, -0.2) is 0 Å². The van der Waals surface area contributed by atoms with E-state index in [1.807, 2.05) is 33.8 Å². The van der Waals surface area contributed by atoms with Gasteiger partial charge in [0.15, 0.2) is 0 Å². The zero-order valence-corrected chi connectivity index (χ0v) is 13.7. The van der Waals surface area contributed by atoms with Gasteiger partial charge in [0.05, 0.1) is 5.56 Å². The monoisotopic (exact) mass is 277 g/mol. The minimum absolute atomic E-state index is 0.0745. The molecule has 0 saturated carbocycles. The molecule has 1 amide bonds. The number of nitrogens with one attached hydrogen (secondary N) is 1. The molecule has 0 atom stereocenters. The number of phenolic OH excluding ortho intramolecular Hbond substituents is 1. The molecule has 1 aromatic rings. The van der Waals surface area contributed by atoms with Gasteiger partial charge in [-0.1, -0.05) is 47.6 Å². The van der Waals surface area contributed by atoms with Gasteiger partial charge in [0, 0.05) is 12.1 Å². The molecule has 3 nitrogen and oxygen atoms in total. The van der Waals surface area contributed by atoms with E-state index in [-0.39, 0.29) is 22.5 Å². The smallest absolute Gasteiger partial charge is 0.255 e. The summed E-state index contributed by atoms with van der Waals surface area (Å²) in [6.07, 6.45) is 0. The summed E-state index contributed by atoms with van der Waals surface area (Å²) >= 11 is 0. The molecule has 0 spiro atoms. The lowest BCUT2D eigenvalue weighted by Gasteiger charge is -2.27. The fraction of sp³-hybridized carbons (Fsp3) is 0.588. The second kappa shape index (κ2) is 5.47. The number of hydrogen-bond acceptors (Lipinski definition) is 2. The Hall–Kier alpha value is -1.51. The summed E-state index contributed by atoms with van der Waals surface area (Å²) < 4.78 is 0. The van der Waals surface area contributed by atoms with Crippen LogP contribution in [0.5, 0.6) is 5.75 Å². The van der Waals surface area contributed by atoms with Crippen molar-refractivity contribution >= 4 is 5.91 Å². The Balaban J connectivity index is 3.55. The zero-order chi connectivity index (χ0) is 15.7. The van der Waals surface area contributed by atoms with E-state index in [1.54, 1.807) is 6.07 Å². The third-order valence-corrected chi connectivity index (χ3v) is 3.37. The van der Waals surface area contributed by atoms with Crippen LogP contribution in [0.1, 0.15) is 70.0 Å². The Bertz CT molecular complexity index is 505. The largest absolute Gasteiger partial charge is 0.507 e. The van der Waals surface area contributed by atoms with Crippen molar-refractivity contribution in [2.75, 3.05) is 6.54 Å². The van der Waals surface area contributed by atoms with E-state index >= 15 is 0 Å². The molecule has 0 fully saturated rings. The second-order valence-electron chi connectivity index (χ2n) is 7.28. The first-order chi connectivity index (χ1) is 8.98. The van der Waals surface area contributed by atoms with Crippen LogP contribution >= 0.6 is 0 Å². The molecular weight excluding hydrogens is 250 g/mol. The van der Waals surface area contributed by atoms with Crippen LogP contribution in [0.4, 0.5) is 0 Å². The molecule has 0 aromatic heterocycles. The fourth-order valence-electron chi connectivity index (χ4n) is 2.07. The normalized spacial score (nSPS) is 12.3. The van der Waals surface area contributed by atoms with Crippen LogP contribution in [0.2, 0.25) is 0 Å². The Morgan fingerprint density at radius 3 is 2.05 bits per heavy atom. The summed E-state index contributed by atoms with van der Waals surface area (Å²) in [5.74, 6) is -0.127. The van der Waals surface area contributed by atoms with E-state index in [0.717, 1.165) is 11.1 Å². The third-order valence-electron chi connectivity index (χ3n) is 3.37. The first kappa shape index (κ1) is 16.5. The van der Waals surface area contributed by atoms with Crippen molar-refractivity contribution in [1.29, 1.82) is 0 Å². The topological polar surface area (TPSA) is 49.3 Å². The van der Waals surface area contributed by atoms with Gasteiger partial charge >= 0.3 is 0 Å². The number of hydrogen-bond donors (Lipinski definition) is 2. The first-order valence-corrected chi connectivity index (χ1v) is 7.14. The van der Waals surface area contributed by atoms with E-state index in [1.165, 1.54) is 0 Å². The van der Waals surface area contributed by atoms with Crippen LogP contribution in [0.15, 0.2) is 12.1 Å². The van der Waals surface area contributed by atoms with Gasteiger partial charge in [-0.15, -0.1) is 0 Å². The number of carbonyl (C=O) groups is 1. The van der Waals surface area contributed by atoms with E-state index < -0.39 is 0 Å². The highest BCUT2D eigenvalue weighted by atomic mass is 16.3. The lowest BCUT2D eigenvalue weighted by molar-refractivity contribution is 0.0952. The van der Waals surface area contributed by atoms with Crippen molar-refractivity contribution in [2.24, 2.45) is 0 Å². The van der Waals surface area contributed by atoms with Crippen LogP contribution in [0.25, 0.3) is 0 Å². The Morgan fingerprint density at radius 2 is 1.65 bits per heavy atom. The summed E-state index contributed by atoms with van der Waals surface area (Å²) in [6, 6.07) is 3.81. The predicted molar refractivity (Wildman–Crippen MR) is 83.5 cm³/mol.